The van der Waals surface area contributed by atoms with Gasteiger partial charge < -0.3 is 49.4 Å². The summed E-state index contributed by atoms with van der Waals surface area (Å²) in [5.41, 5.74) is -2.30. The highest BCUT2D eigenvalue weighted by atomic mass is 35.5. The molecule has 0 unspecified atom stereocenters. The number of aromatic nitrogens is 4. The number of carbonyl (C=O) groups is 4. The Kier molecular flexibility index (Phi) is 10.8. The summed E-state index contributed by atoms with van der Waals surface area (Å²) in [5.74, 6) is -0.570. The van der Waals surface area contributed by atoms with Crippen molar-refractivity contribution >= 4 is 102 Å². The van der Waals surface area contributed by atoms with E-state index in [1.165, 1.54) is 9.80 Å². The zero-order valence-corrected chi connectivity index (χ0v) is 37.5. The monoisotopic (exact) mass is 1000 g/mol. The maximum atomic E-state index is 14.1. The van der Waals surface area contributed by atoms with Gasteiger partial charge in [-0.15, -0.1) is 23.2 Å². The van der Waals surface area contributed by atoms with Crippen molar-refractivity contribution in [2.24, 2.45) is 0 Å². The summed E-state index contributed by atoms with van der Waals surface area (Å²) in [4.78, 5) is 66.8. The standard InChI is InChI=1S/C48H32Cl2F6N6O8/c1-69-45(67)37-35-33-23(15-49)17-61(29(33)13-31(63)39(35)59-41(37)47(51,52)53)43(65)27-11-21-9-19(5-7-25(21)57-27)3-4-20-6-8-26-22(10-20)12-28(58-26)44(66)62-18-24(16-50)34-30(62)14-32(64)40-36(34)38(46(68)70-2)42(60-40)48(54,55)56/h5-14,23-24,57-60,63-64H,15-18H2,1-2H3/t23-,24-/m1/s1. The number of anilines is 2. The number of rotatable bonds is 6. The van der Waals surface area contributed by atoms with E-state index >= 15 is 0 Å². The average Bonchev–Trinajstić information content (AvgIpc) is 4.19. The molecule has 2 aliphatic heterocycles. The van der Waals surface area contributed by atoms with Gasteiger partial charge in [0.2, 0.25) is 0 Å². The first-order valence-corrected chi connectivity index (χ1v) is 22.0. The molecule has 0 spiro atoms. The van der Waals surface area contributed by atoms with E-state index < -0.39 is 82.0 Å². The zero-order valence-electron chi connectivity index (χ0n) is 36.0. The first-order valence-electron chi connectivity index (χ1n) is 20.9. The number of halogens is 8. The van der Waals surface area contributed by atoms with Gasteiger partial charge in [-0.2, -0.15) is 26.3 Å². The van der Waals surface area contributed by atoms with Crippen LogP contribution in [0.3, 0.4) is 0 Å². The van der Waals surface area contributed by atoms with Gasteiger partial charge in [-0.1, -0.05) is 11.8 Å². The lowest BCUT2D eigenvalue weighted by molar-refractivity contribution is -0.141. The third kappa shape index (κ3) is 7.21. The molecule has 0 aliphatic carbocycles. The van der Waals surface area contributed by atoms with E-state index in [4.69, 9.17) is 32.7 Å². The van der Waals surface area contributed by atoms with Gasteiger partial charge in [0, 0.05) is 92.5 Å². The van der Waals surface area contributed by atoms with Crippen LogP contribution in [0.15, 0.2) is 60.7 Å². The second-order valence-corrected chi connectivity index (χ2v) is 17.3. The number of benzene rings is 4. The Balaban J connectivity index is 0.923. The molecule has 22 heteroatoms. The van der Waals surface area contributed by atoms with E-state index in [0.717, 1.165) is 26.4 Å². The maximum absolute atomic E-state index is 14.1. The number of aromatic amines is 4. The van der Waals surface area contributed by atoms with Crippen molar-refractivity contribution in [1.82, 2.24) is 19.9 Å². The summed E-state index contributed by atoms with van der Waals surface area (Å²) < 4.78 is 94.2. The molecule has 4 aromatic carbocycles. The Morgan fingerprint density at radius 3 is 1.36 bits per heavy atom. The number of hydrogen-bond acceptors (Lipinski definition) is 8. The number of esters is 2. The van der Waals surface area contributed by atoms with E-state index in [1.807, 2.05) is 0 Å². The first-order chi connectivity index (χ1) is 33.3. The molecular formula is C48H32Cl2F6N6O8. The predicted molar refractivity (Wildman–Crippen MR) is 245 cm³/mol. The maximum Gasteiger partial charge on any atom is 0.432 e. The van der Waals surface area contributed by atoms with E-state index in [2.05, 4.69) is 31.8 Å². The van der Waals surface area contributed by atoms with Crippen LogP contribution in [0, 0.1) is 11.8 Å². The summed E-state index contributed by atoms with van der Waals surface area (Å²) in [5, 5.41) is 22.6. The van der Waals surface area contributed by atoms with Crippen molar-refractivity contribution in [3.63, 3.8) is 0 Å². The molecule has 70 heavy (non-hydrogen) atoms. The van der Waals surface area contributed by atoms with Gasteiger partial charge in [0.15, 0.2) is 0 Å². The number of alkyl halides is 8. The summed E-state index contributed by atoms with van der Waals surface area (Å²) >= 11 is 12.6. The van der Waals surface area contributed by atoms with Crippen LogP contribution in [-0.4, -0.2) is 93.0 Å². The molecule has 0 saturated carbocycles. The Morgan fingerprint density at radius 2 is 1.01 bits per heavy atom. The number of aromatic hydroxyl groups is 2. The number of phenolic OH excluding ortho intramolecular Hbond substituents is 2. The van der Waals surface area contributed by atoms with Crippen LogP contribution in [0.4, 0.5) is 37.7 Å². The van der Waals surface area contributed by atoms with Crippen LogP contribution < -0.4 is 9.80 Å². The number of H-pyrrole nitrogens is 4. The highest BCUT2D eigenvalue weighted by Gasteiger charge is 2.46. The lowest BCUT2D eigenvalue weighted by Crippen LogP contribution is -2.30. The molecule has 4 aromatic heterocycles. The molecule has 6 N–H and O–H groups in total. The predicted octanol–water partition coefficient (Wildman–Crippen LogP) is 10.00. The lowest BCUT2D eigenvalue weighted by atomic mass is 9.95. The smallest absolute Gasteiger partial charge is 0.432 e. The highest BCUT2D eigenvalue weighted by molar-refractivity contribution is 6.21. The Bertz CT molecular complexity index is 3420. The van der Waals surface area contributed by atoms with Gasteiger partial charge in [0.1, 0.15) is 34.3 Å². The number of methoxy groups -OCH3 is 2. The number of phenols is 2. The summed E-state index contributed by atoms with van der Waals surface area (Å²) in [6.45, 7) is -0.152. The molecule has 14 nitrogen and oxygen atoms in total. The van der Waals surface area contributed by atoms with Gasteiger partial charge in [-0.05, 0) is 59.7 Å². The second kappa shape index (κ2) is 16.4. The van der Waals surface area contributed by atoms with Gasteiger partial charge in [-0.25, -0.2) is 9.59 Å². The summed E-state index contributed by atoms with van der Waals surface area (Å²) in [6, 6.07) is 15.8. The number of nitrogens with zero attached hydrogens (tertiary/aromatic N) is 2. The number of hydrogen-bond donors (Lipinski definition) is 6. The Hall–Kier alpha value is -7.76. The topological polar surface area (TPSA) is 197 Å². The zero-order chi connectivity index (χ0) is 49.9. The number of ether oxygens (including phenoxy) is 2. The van der Waals surface area contributed by atoms with Crippen molar-refractivity contribution in [2.45, 2.75) is 24.2 Å². The van der Waals surface area contributed by atoms with Crippen molar-refractivity contribution in [3.05, 3.63) is 117 Å². The SMILES string of the molecule is COC(=O)c1c(C(F)(F)F)[nH]c2c(O)cc3c(c12)[C@H](CCl)CN3C(=O)c1cc2cc(C#Cc3ccc4[nH]c(C(=O)N5C[C@@H](CCl)c6c5cc(O)c5[nH]c(C(F)(F)F)c(C(=O)OC)c65)cc4c3)ccc2[nH]1. The van der Waals surface area contributed by atoms with Crippen molar-refractivity contribution in [1.29, 1.82) is 0 Å². The third-order valence-corrected chi connectivity index (χ3v) is 13.4. The number of carbonyl (C=O) groups excluding carboxylic acids is 4. The fourth-order valence-electron chi connectivity index (χ4n) is 9.59. The van der Waals surface area contributed by atoms with Crippen LogP contribution in [0.2, 0.25) is 0 Å². The van der Waals surface area contributed by atoms with Crippen molar-refractivity contribution in [2.75, 3.05) is 48.9 Å². The second-order valence-electron chi connectivity index (χ2n) is 16.6. The fourth-order valence-corrected chi connectivity index (χ4v) is 10.1. The minimum absolute atomic E-state index is 0.0704. The normalized spacial score (nSPS) is 15.7. The van der Waals surface area contributed by atoms with Gasteiger partial charge in [0.05, 0.1) is 47.8 Å². The molecule has 2 aliphatic rings. The molecule has 0 saturated heterocycles. The Morgan fingerprint density at radius 1 is 0.629 bits per heavy atom. The number of amides is 2. The van der Waals surface area contributed by atoms with Gasteiger partial charge >= 0.3 is 24.3 Å². The van der Waals surface area contributed by atoms with E-state index in [9.17, 15) is 55.7 Å². The molecule has 2 atom stereocenters. The van der Waals surface area contributed by atoms with E-state index in [1.54, 1.807) is 48.5 Å². The number of nitrogens with one attached hydrogen (secondary N) is 4. The van der Waals surface area contributed by atoms with Crippen LogP contribution in [-0.2, 0) is 21.8 Å². The summed E-state index contributed by atoms with van der Waals surface area (Å²) in [7, 11) is 1.86. The number of fused-ring (bicyclic) bond motifs is 8. The molecule has 358 valence electrons. The average molecular weight is 1010 g/mol. The fraction of sp³-hybridized carbons (Fsp3) is 0.208. The molecule has 2 amide bonds. The van der Waals surface area contributed by atoms with E-state index in [-0.39, 0.29) is 80.5 Å². The lowest BCUT2D eigenvalue weighted by Gasteiger charge is -2.17. The molecule has 0 radical (unpaired) electrons. The molecule has 0 bridgehead atoms. The van der Waals surface area contributed by atoms with E-state index in [0.29, 0.717) is 32.9 Å². The molecular weight excluding hydrogens is 973 g/mol. The van der Waals surface area contributed by atoms with Crippen LogP contribution in [0.1, 0.15) is 87.2 Å². The van der Waals surface area contributed by atoms with Crippen LogP contribution in [0.25, 0.3) is 43.6 Å². The van der Waals surface area contributed by atoms with Crippen LogP contribution >= 0.6 is 23.2 Å². The van der Waals surface area contributed by atoms with Gasteiger partial charge in [0.25, 0.3) is 11.8 Å². The molecule has 0 fully saturated rings. The minimum atomic E-state index is -5.02. The van der Waals surface area contributed by atoms with Crippen molar-refractivity contribution < 1.29 is 65.2 Å². The Labute approximate surface area is 399 Å². The largest absolute Gasteiger partial charge is 0.506 e. The van der Waals surface area contributed by atoms with Crippen molar-refractivity contribution in [3.8, 4) is 23.3 Å². The van der Waals surface area contributed by atoms with Gasteiger partial charge in [-0.3, -0.25) is 9.59 Å². The minimum Gasteiger partial charge on any atom is -0.506 e. The third-order valence-electron chi connectivity index (χ3n) is 12.6. The molecule has 8 aromatic rings. The highest BCUT2D eigenvalue weighted by Crippen LogP contribution is 2.51. The first kappa shape index (κ1) is 46.0. The quantitative estimate of drug-likeness (QED) is 0.0410. The molecule has 10 rings (SSSR count). The molecule has 6 heterocycles. The summed E-state index contributed by atoms with van der Waals surface area (Å²) in [6.07, 6.45) is -10.0. The van der Waals surface area contributed by atoms with Crippen LogP contribution in [0.5, 0.6) is 11.5 Å².